The van der Waals surface area contributed by atoms with Crippen molar-refractivity contribution in [2.45, 2.75) is 25.3 Å². The highest BCUT2D eigenvalue weighted by Crippen LogP contribution is 2.18. The smallest absolute Gasteiger partial charge is 0.412 e. The van der Waals surface area contributed by atoms with Gasteiger partial charge in [-0.3, -0.25) is 0 Å². The summed E-state index contributed by atoms with van der Waals surface area (Å²) in [6.45, 7) is 2.04. The van der Waals surface area contributed by atoms with Crippen molar-refractivity contribution >= 4 is 39.3 Å². The molecule has 1 heterocycles. The van der Waals surface area contributed by atoms with Gasteiger partial charge in [-0.15, -0.1) is 0 Å². The maximum atomic E-state index is 8.91. The van der Waals surface area contributed by atoms with Crippen LogP contribution in [0.25, 0.3) is 0 Å². The van der Waals surface area contributed by atoms with Crippen molar-refractivity contribution < 1.29 is 16.5 Å². The minimum atomic E-state index is -1.54. The Morgan fingerprint density at radius 2 is 1.93 bits per heavy atom. The monoisotopic (exact) mass is 258 g/mol. The van der Waals surface area contributed by atoms with Crippen molar-refractivity contribution in [3.8, 4) is 6.07 Å². The summed E-state index contributed by atoms with van der Waals surface area (Å²) >= 11 is 0. The molecule has 1 atom stereocenters. The second-order valence-electron chi connectivity index (χ2n) is 2.45. The molecule has 0 spiro atoms. The molecule has 0 aromatic rings. The van der Waals surface area contributed by atoms with Gasteiger partial charge in [0.1, 0.15) is 0 Å². The third-order valence-corrected chi connectivity index (χ3v) is 6.07. The van der Waals surface area contributed by atoms with Crippen molar-refractivity contribution in [2.24, 2.45) is 0 Å². The van der Waals surface area contributed by atoms with Gasteiger partial charge < -0.3 is 16.5 Å². The zero-order valence-corrected chi connectivity index (χ0v) is 11.6. The van der Waals surface area contributed by atoms with E-state index in [0.29, 0.717) is 0 Å². The van der Waals surface area contributed by atoms with Gasteiger partial charge in [0.05, 0.1) is 11.6 Å². The average Bonchev–Trinajstić information content (AvgIpc) is 2.15. The first-order valence-electron chi connectivity index (χ1n) is 4.05. The van der Waals surface area contributed by atoms with Crippen LogP contribution in [0.2, 0.25) is 5.54 Å². The van der Waals surface area contributed by atoms with Crippen LogP contribution in [-0.4, -0.2) is 39.3 Å². The Morgan fingerprint density at radius 3 is 2.43 bits per heavy atom. The summed E-state index contributed by atoms with van der Waals surface area (Å²) < 4.78 is 20.8. The van der Waals surface area contributed by atoms with Crippen molar-refractivity contribution in [1.82, 2.24) is 0 Å². The molecule has 1 fully saturated rings. The first-order chi connectivity index (χ1) is 6.88. The molecular weight excluding hydrogens is 250 g/mol. The molecule has 9 heteroatoms. The number of hydrogen-bond donors (Lipinski definition) is 0. The Hall–Kier alpha value is 0.198. The van der Waals surface area contributed by atoms with E-state index in [1.807, 2.05) is 6.92 Å². The average molecular weight is 258 g/mol. The SMILES string of the molecule is CCCC(C#N)[Si]1O[Si]O[Si]O[Si]O1. The molecule has 1 aliphatic rings. The maximum absolute atomic E-state index is 8.91. The standard InChI is InChI=1S/C5H8NO4Si4/c1-2-3-5(4-6)14-9-12-7-11-8-13-10-14/h5H,2-3H2,1H3. The summed E-state index contributed by atoms with van der Waals surface area (Å²) in [6.07, 6.45) is 1.76. The quantitative estimate of drug-likeness (QED) is 0.659. The predicted molar refractivity (Wildman–Crippen MR) is 51.6 cm³/mol. The van der Waals surface area contributed by atoms with Gasteiger partial charge in [-0.25, -0.2) is 0 Å². The second-order valence-corrected chi connectivity index (χ2v) is 7.55. The molecule has 0 saturated carbocycles. The fraction of sp³-hybridized carbons (Fsp3) is 0.800. The normalized spacial score (nSPS) is 22.0. The van der Waals surface area contributed by atoms with E-state index in [9.17, 15) is 0 Å². The van der Waals surface area contributed by atoms with Gasteiger partial charge in [0.15, 0.2) is 0 Å². The van der Waals surface area contributed by atoms with Gasteiger partial charge in [-0.1, -0.05) is 13.3 Å². The molecule has 0 aromatic heterocycles. The van der Waals surface area contributed by atoms with Crippen LogP contribution in [0, 0.1) is 11.3 Å². The lowest BCUT2D eigenvalue weighted by atomic mass is 10.3. The van der Waals surface area contributed by atoms with Gasteiger partial charge in [0.25, 0.3) is 0 Å². The molecule has 5 nitrogen and oxygen atoms in total. The Labute approximate surface area is 92.7 Å². The zero-order chi connectivity index (χ0) is 10.2. The van der Waals surface area contributed by atoms with Crippen molar-refractivity contribution in [1.29, 1.82) is 5.26 Å². The third kappa shape index (κ3) is 4.15. The van der Waals surface area contributed by atoms with Crippen LogP contribution >= 0.6 is 0 Å². The lowest BCUT2D eigenvalue weighted by Gasteiger charge is -2.19. The summed E-state index contributed by atoms with van der Waals surface area (Å²) in [5.74, 6) is 0. The number of nitriles is 1. The highest BCUT2D eigenvalue weighted by Gasteiger charge is 2.30. The molecular formula is C5H8NO4Si4. The lowest BCUT2D eigenvalue weighted by Crippen LogP contribution is -2.36. The molecule has 7 radical (unpaired) electrons. The van der Waals surface area contributed by atoms with Crippen LogP contribution < -0.4 is 0 Å². The van der Waals surface area contributed by atoms with E-state index in [0.717, 1.165) is 12.8 Å². The maximum Gasteiger partial charge on any atom is 0.412 e. The highest BCUT2D eigenvalue weighted by molar-refractivity contribution is 6.61. The van der Waals surface area contributed by atoms with E-state index in [-0.39, 0.29) is 35.6 Å². The molecule has 0 N–H and O–H groups in total. The molecule has 0 amide bonds. The Kier molecular flexibility index (Phi) is 6.56. The van der Waals surface area contributed by atoms with E-state index in [1.165, 1.54) is 0 Å². The second kappa shape index (κ2) is 7.48. The van der Waals surface area contributed by atoms with E-state index >= 15 is 0 Å². The molecule has 1 unspecified atom stereocenters. The van der Waals surface area contributed by atoms with Crippen molar-refractivity contribution in [3.05, 3.63) is 0 Å². The Balaban J connectivity index is 2.41. The van der Waals surface area contributed by atoms with Gasteiger partial charge >= 0.3 is 39.3 Å². The topological polar surface area (TPSA) is 60.7 Å². The van der Waals surface area contributed by atoms with Gasteiger partial charge in [-0.2, -0.15) is 5.26 Å². The third-order valence-electron chi connectivity index (χ3n) is 1.47. The summed E-state index contributed by atoms with van der Waals surface area (Å²) in [6, 6.07) is 2.22. The number of nitrogens with zero attached hydrogens (tertiary/aromatic N) is 1. The first kappa shape index (κ1) is 12.3. The molecule has 0 aliphatic carbocycles. The lowest BCUT2D eigenvalue weighted by molar-refractivity contribution is 0.322. The fourth-order valence-electron chi connectivity index (χ4n) is 0.866. The summed E-state index contributed by atoms with van der Waals surface area (Å²) in [5, 5.41) is 8.91. The largest absolute Gasteiger partial charge is 0.412 e. The summed E-state index contributed by atoms with van der Waals surface area (Å²) in [5.41, 5.74) is -0.140. The van der Waals surface area contributed by atoms with E-state index < -0.39 is 9.28 Å². The summed E-state index contributed by atoms with van der Waals surface area (Å²) in [7, 11) is -1.69. The van der Waals surface area contributed by atoms with Gasteiger partial charge in [0, 0.05) is 0 Å². The van der Waals surface area contributed by atoms with Crippen LogP contribution in [0.15, 0.2) is 0 Å². The Morgan fingerprint density at radius 1 is 1.29 bits per heavy atom. The van der Waals surface area contributed by atoms with Crippen LogP contribution in [-0.2, 0) is 16.5 Å². The van der Waals surface area contributed by atoms with Gasteiger partial charge in [0.2, 0.25) is 0 Å². The molecule has 1 rings (SSSR count). The van der Waals surface area contributed by atoms with Crippen LogP contribution in [0.5, 0.6) is 0 Å². The molecule has 14 heavy (non-hydrogen) atoms. The first-order valence-corrected chi connectivity index (χ1v) is 7.89. The molecule has 0 bridgehead atoms. The van der Waals surface area contributed by atoms with Crippen molar-refractivity contribution in [2.75, 3.05) is 0 Å². The highest BCUT2D eigenvalue weighted by atomic mass is 28.4. The van der Waals surface area contributed by atoms with E-state index in [1.54, 1.807) is 0 Å². The molecule has 1 aliphatic heterocycles. The summed E-state index contributed by atoms with van der Waals surface area (Å²) in [4.78, 5) is 0. The Bertz CT molecular complexity index is 193. The number of hydrogen-bond acceptors (Lipinski definition) is 5. The van der Waals surface area contributed by atoms with Gasteiger partial charge in [-0.05, 0) is 6.42 Å². The van der Waals surface area contributed by atoms with Crippen LogP contribution in [0.4, 0.5) is 0 Å². The molecule has 73 valence electrons. The molecule has 0 aromatic carbocycles. The number of rotatable bonds is 3. The minimum Gasteiger partial charge on any atom is -0.412 e. The minimum absolute atomic E-state index is 0.0168. The zero-order valence-electron chi connectivity index (χ0n) is 7.57. The van der Waals surface area contributed by atoms with E-state index in [2.05, 4.69) is 6.07 Å². The fourth-order valence-corrected chi connectivity index (χ4v) is 5.73. The van der Waals surface area contributed by atoms with Crippen molar-refractivity contribution in [3.63, 3.8) is 0 Å². The van der Waals surface area contributed by atoms with Crippen LogP contribution in [0.3, 0.4) is 0 Å². The van der Waals surface area contributed by atoms with Crippen LogP contribution in [0.1, 0.15) is 19.8 Å². The molecule has 1 saturated heterocycles. The van der Waals surface area contributed by atoms with E-state index in [4.69, 9.17) is 21.7 Å². The predicted octanol–water partition coefficient (Wildman–Crippen LogP) is -0.149.